The van der Waals surface area contributed by atoms with E-state index in [1.807, 2.05) is 0 Å². The van der Waals surface area contributed by atoms with Crippen LogP contribution in [-0.4, -0.2) is 11.6 Å². The van der Waals surface area contributed by atoms with Gasteiger partial charge in [0.2, 0.25) is 5.79 Å². The first kappa shape index (κ1) is 10.3. The number of hydrogen-bond donors (Lipinski definition) is 0. The number of halogens is 1. The van der Waals surface area contributed by atoms with E-state index in [1.165, 1.54) is 6.92 Å². The Labute approximate surface area is 92.9 Å². The van der Waals surface area contributed by atoms with Crippen LogP contribution in [0, 0.1) is 0 Å². The summed E-state index contributed by atoms with van der Waals surface area (Å²) in [6.45, 7) is 5.06. The van der Waals surface area contributed by atoms with Crippen molar-refractivity contribution in [2.75, 3.05) is 0 Å². The van der Waals surface area contributed by atoms with Crippen LogP contribution in [-0.2, 0) is 0 Å². The third-order valence-corrected chi connectivity index (χ3v) is 2.40. The molecule has 0 radical (unpaired) electrons. The monoisotopic (exact) mass is 226 g/mol. The van der Waals surface area contributed by atoms with Crippen LogP contribution in [0.4, 0.5) is 0 Å². The maximum atomic E-state index is 11.2. The van der Waals surface area contributed by atoms with Crippen LogP contribution >= 0.6 is 11.6 Å². The van der Waals surface area contributed by atoms with E-state index >= 15 is 0 Å². The van der Waals surface area contributed by atoms with E-state index in [2.05, 4.69) is 0 Å². The fourth-order valence-electron chi connectivity index (χ4n) is 1.48. The highest BCUT2D eigenvalue weighted by molar-refractivity contribution is 6.32. The summed E-state index contributed by atoms with van der Waals surface area (Å²) in [5, 5.41) is 0.406. The molecule has 2 rings (SSSR count). The van der Waals surface area contributed by atoms with E-state index in [9.17, 15) is 4.79 Å². The van der Waals surface area contributed by atoms with E-state index in [-0.39, 0.29) is 5.78 Å². The van der Waals surface area contributed by atoms with Crippen molar-refractivity contribution < 1.29 is 14.3 Å². The Morgan fingerprint density at radius 1 is 1.33 bits per heavy atom. The molecular formula is C11H11ClO3. The van der Waals surface area contributed by atoms with E-state index < -0.39 is 5.79 Å². The second kappa shape index (κ2) is 3.14. The van der Waals surface area contributed by atoms with Gasteiger partial charge in [-0.2, -0.15) is 0 Å². The largest absolute Gasteiger partial charge is 0.449 e. The van der Waals surface area contributed by atoms with Gasteiger partial charge in [0.1, 0.15) is 0 Å². The van der Waals surface area contributed by atoms with Gasteiger partial charge in [-0.15, -0.1) is 0 Å². The Bertz CT molecular complexity index is 438. The highest BCUT2D eigenvalue weighted by atomic mass is 35.5. The van der Waals surface area contributed by atoms with Crippen LogP contribution in [0.1, 0.15) is 31.1 Å². The van der Waals surface area contributed by atoms with Gasteiger partial charge in [0, 0.05) is 19.4 Å². The third kappa shape index (κ3) is 1.79. The number of fused-ring (bicyclic) bond motifs is 1. The zero-order valence-electron chi connectivity index (χ0n) is 8.76. The van der Waals surface area contributed by atoms with E-state index in [1.54, 1.807) is 26.0 Å². The molecule has 3 nitrogen and oxygen atoms in total. The van der Waals surface area contributed by atoms with Gasteiger partial charge >= 0.3 is 0 Å². The summed E-state index contributed by atoms with van der Waals surface area (Å²) in [6.07, 6.45) is 0. The van der Waals surface area contributed by atoms with Gasteiger partial charge in [0.15, 0.2) is 17.3 Å². The summed E-state index contributed by atoms with van der Waals surface area (Å²) in [4.78, 5) is 11.2. The summed E-state index contributed by atoms with van der Waals surface area (Å²) >= 11 is 5.99. The SMILES string of the molecule is CC(=O)c1cc(Cl)c2c(c1)OC(C)(C)O2. The lowest BCUT2D eigenvalue weighted by Crippen LogP contribution is -2.29. The number of rotatable bonds is 1. The summed E-state index contributed by atoms with van der Waals surface area (Å²) in [7, 11) is 0. The third-order valence-electron chi connectivity index (χ3n) is 2.12. The second-order valence-corrected chi connectivity index (χ2v) is 4.35. The van der Waals surface area contributed by atoms with Crippen LogP contribution < -0.4 is 9.47 Å². The maximum Gasteiger partial charge on any atom is 0.246 e. The highest BCUT2D eigenvalue weighted by Crippen LogP contribution is 2.44. The smallest absolute Gasteiger partial charge is 0.246 e. The summed E-state index contributed by atoms with van der Waals surface area (Å²) in [6, 6.07) is 3.24. The Balaban J connectivity index is 2.51. The molecule has 80 valence electrons. The molecule has 0 aliphatic carbocycles. The van der Waals surface area contributed by atoms with Crippen molar-refractivity contribution in [3.63, 3.8) is 0 Å². The van der Waals surface area contributed by atoms with Gasteiger partial charge in [0.25, 0.3) is 0 Å². The van der Waals surface area contributed by atoms with Crippen LogP contribution in [0.2, 0.25) is 5.02 Å². The molecule has 0 bridgehead atoms. The number of carbonyl (C=O) groups is 1. The summed E-state index contributed by atoms with van der Waals surface area (Å²) in [5.74, 6) is 0.263. The van der Waals surface area contributed by atoms with E-state index in [4.69, 9.17) is 21.1 Å². The number of benzene rings is 1. The lowest BCUT2D eigenvalue weighted by atomic mass is 10.1. The first-order chi connectivity index (χ1) is 6.89. The quantitative estimate of drug-likeness (QED) is 0.691. The number of carbonyl (C=O) groups excluding carboxylic acids is 1. The van der Waals surface area contributed by atoms with Crippen molar-refractivity contribution in [1.29, 1.82) is 0 Å². The molecule has 1 heterocycles. The fourth-order valence-corrected chi connectivity index (χ4v) is 1.73. The summed E-state index contributed by atoms with van der Waals surface area (Å²) in [5.41, 5.74) is 0.528. The van der Waals surface area contributed by atoms with Crippen LogP contribution in [0.5, 0.6) is 11.5 Å². The molecule has 0 N–H and O–H groups in total. The van der Waals surface area contributed by atoms with Crippen molar-refractivity contribution in [2.24, 2.45) is 0 Å². The number of ether oxygens (including phenoxy) is 2. The first-order valence-corrected chi connectivity index (χ1v) is 4.99. The minimum absolute atomic E-state index is 0.0481. The second-order valence-electron chi connectivity index (χ2n) is 3.95. The molecule has 0 amide bonds. The van der Waals surface area contributed by atoms with Crippen LogP contribution in [0.25, 0.3) is 0 Å². The van der Waals surface area contributed by atoms with Crippen molar-refractivity contribution in [1.82, 2.24) is 0 Å². The Morgan fingerprint density at radius 3 is 2.60 bits per heavy atom. The molecule has 15 heavy (non-hydrogen) atoms. The van der Waals surface area contributed by atoms with Crippen molar-refractivity contribution in [2.45, 2.75) is 26.6 Å². The molecule has 0 unspecified atom stereocenters. The Morgan fingerprint density at radius 2 is 2.00 bits per heavy atom. The van der Waals surface area contributed by atoms with Gasteiger partial charge in [-0.3, -0.25) is 4.79 Å². The topological polar surface area (TPSA) is 35.5 Å². The van der Waals surface area contributed by atoms with Gasteiger partial charge in [0.05, 0.1) is 5.02 Å². The van der Waals surface area contributed by atoms with Gasteiger partial charge in [-0.1, -0.05) is 11.6 Å². The van der Waals surface area contributed by atoms with Crippen molar-refractivity contribution in [3.8, 4) is 11.5 Å². The molecule has 0 aromatic heterocycles. The standard InChI is InChI=1S/C11H11ClO3/c1-6(13)7-4-8(12)10-9(5-7)14-11(2,3)15-10/h4-5H,1-3H3. The fraction of sp³-hybridized carbons (Fsp3) is 0.364. The van der Waals surface area contributed by atoms with E-state index in [0.717, 1.165) is 0 Å². The predicted molar refractivity (Wildman–Crippen MR) is 56.8 cm³/mol. The average Bonchev–Trinajstić information content (AvgIpc) is 2.39. The zero-order chi connectivity index (χ0) is 11.2. The molecule has 0 saturated heterocycles. The Hall–Kier alpha value is -1.22. The maximum absolute atomic E-state index is 11.2. The molecule has 0 atom stereocenters. The van der Waals surface area contributed by atoms with Gasteiger partial charge < -0.3 is 9.47 Å². The molecule has 1 aromatic carbocycles. The van der Waals surface area contributed by atoms with E-state index in [0.29, 0.717) is 22.1 Å². The average molecular weight is 227 g/mol. The summed E-state index contributed by atoms with van der Waals surface area (Å²) < 4.78 is 11.0. The molecular weight excluding hydrogens is 216 g/mol. The number of hydrogen-bond acceptors (Lipinski definition) is 3. The number of ketones is 1. The van der Waals surface area contributed by atoms with Crippen LogP contribution in [0.15, 0.2) is 12.1 Å². The van der Waals surface area contributed by atoms with Crippen LogP contribution in [0.3, 0.4) is 0 Å². The Kier molecular flexibility index (Phi) is 2.15. The highest BCUT2D eigenvalue weighted by Gasteiger charge is 2.33. The normalized spacial score (nSPS) is 16.5. The van der Waals surface area contributed by atoms with Gasteiger partial charge in [-0.05, 0) is 19.1 Å². The predicted octanol–water partition coefficient (Wildman–Crippen LogP) is 3.05. The van der Waals surface area contributed by atoms with Crippen molar-refractivity contribution >= 4 is 17.4 Å². The molecule has 1 aromatic rings. The molecule has 0 fully saturated rings. The molecule has 1 aliphatic rings. The zero-order valence-corrected chi connectivity index (χ0v) is 9.51. The molecule has 1 aliphatic heterocycles. The minimum atomic E-state index is -0.721. The molecule has 0 saturated carbocycles. The van der Waals surface area contributed by atoms with Gasteiger partial charge in [-0.25, -0.2) is 0 Å². The lowest BCUT2D eigenvalue weighted by molar-refractivity contribution is -0.0431. The van der Waals surface area contributed by atoms with Crippen molar-refractivity contribution in [3.05, 3.63) is 22.7 Å². The molecule has 4 heteroatoms. The minimum Gasteiger partial charge on any atom is -0.449 e. The molecule has 0 spiro atoms. The first-order valence-electron chi connectivity index (χ1n) is 4.61. The lowest BCUT2D eigenvalue weighted by Gasteiger charge is -2.16. The number of Topliss-reactive ketones (excluding diaryl/α,β-unsaturated/α-hetero) is 1.